The first kappa shape index (κ1) is 11.6. The van der Waals surface area contributed by atoms with Crippen molar-refractivity contribution in [2.75, 3.05) is 0 Å². The van der Waals surface area contributed by atoms with Gasteiger partial charge in [0.2, 0.25) is 0 Å². The number of hydrogen-bond donors (Lipinski definition) is 2. The van der Waals surface area contributed by atoms with Gasteiger partial charge in [-0.1, -0.05) is 19.3 Å². The fraction of sp³-hybridized carbons (Fsp3) is 0.778. The molecule has 0 amide bonds. The first-order valence-electron chi connectivity index (χ1n) is 5.90. The third-order valence-electron chi connectivity index (χ3n) is 2.61. The Kier molecular flexibility index (Phi) is 4.56. The summed E-state index contributed by atoms with van der Waals surface area (Å²) >= 11 is 0. The van der Waals surface area contributed by atoms with Crippen molar-refractivity contribution in [3.63, 3.8) is 0 Å². The van der Waals surface area contributed by atoms with Crippen molar-refractivity contribution in [3.8, 4) is 0 Å². The Morgan fingerprint density at radius 2 is 1.12 bits per heavy atom. The van der Waals surface area contributed by atoms with E-state index in [9.17, 15) is 0 Å². The highest BCUT2D eigenvalue weighted by Crippen LogP contribution is 2.07. The van der Waals surface area contributed by atoms with Crippen LogP contribution in [0, 0.1) is 0 Å². The molecule has 2 aromatic rings. The monoisotopic (exact) mass is 236 g/mol. The largest absolute Gasteiger partial charge is 0.243 e. The highest BCUT2D eigenvalue weighted by molar-refractivity contribution is 4.76. The van der Waals surface area contributed by atoms with Gasteiger partial charge in [-0.25, -0.2) is 10.2 Å². The van der Waals surface area contributed by atoms with Crippen molar-refractivity contribution in [1.29, 1.82) is 0 Å². The molecule has 8 heteroatoms. The van der Waals surface area contributed by atoms with E-state index in [0.29, 0.717) is 0 Å². The lowest BCUT2D eigenvalue weighted by Gasteiger charge is -1.98. The Balaban J connectivity index is 1.44. The van der Waals surface area contributed by atoms with Crippen LogP contribution in [0.4, 0.5) is 0 Å². The standard InChI is InChI=1S/C9H16N8/c1(2-4-6-8-10-14-15-11-8)3-5-7-9-12-16-17-13-9/h1-7H2,(H,10,11,14,15)(H,12,13,16,17). The van der Waals surface area contributed by atoms with E-state index in [-0.39, 0.29) is 0 Å². The normalized spacial score (nSPS) is 10.8. The van der Waals surface area contributed by atoms with Crippen LogP contribution in [-0.4, -0.2) is 41.2 Å². The zero-order valence-corrected chi connectivity index (χ0v) is 9.63. The average molecular weight is 236 g/mol. The summed E-state index contributed by atoms with van der Waals surface area (Å²) in [6.07, 6.45) is 7.74. The summed E-state index contributed by atoms with van der Waals surface area (Å²) in [5.41, 5.74) is 0. The molecule has 0 unspecified atom stereocenters. The molecule has 2 N–H and O–H groups in total. The quantitative estimate of drug-likeness (QED) is 0.644. The van der Waals surface area contributed by atoms with Gasteiger partial charge in [-0.15, -0.1) is 10.2 Å². The van der Waals surface area contributed by atoms with Gasteiger partial charge < -0.3 is 0 Å². The fourth-order valence-corrected chi connectivity index (χ4v) is 1.68. The smallest absolute Gasteiger partial charge is 0.148 e. The third kappa shape index (κ3) is 4.25. The Bertz CT molecular complexity index is 343. The number of tetrazole rings is 2. The highest BCUT2D eigenvalue weighted by Gasteiger charge is 1.98. The van der Waals surface area contributed by atoms with Gasteiger partial charge in [-0.2, -0.15) is 0 Å². The van der Waals surface area contributed by atoms with Crippen LogP contribution in [0.5, 0.6) is 0 Å². The molecule has 0 saturated heterocycles. The van der Waals surface area contributed by atoms with E-state index in [4.69, 9.17) is 0 Å². The maximum absolute atomic E-state index is 3.84. The molecule has 0 aliphatic rings. The second-order valence-corrected chi connectivity index (χ2v) is 3.96. The van der Waals surface area contributed by atoms with Crippen molar-refractivity contribution in [3.05, 3.63) is 11.6 Å². The van der Waals surface area contributed by atoms with Crippen LogP contribution >= 0.6 is 0 Å². The summed E-state index contributed by atoms with van der Waals surface area (Å²) in [4.78, 5) is 0. The minimum Gasteiger partial charge on any atom is -0.243 e. The minimum atomic E-state index is 0.873. The fourth-order valence-electron chi connectivity index (χ4n) is 1.68. The van der Waals surface area contributed by atoms with Gasteiger partial charge in [0.25, 0.3) is 0 Å². The summed E-state index contributed by atoms with van der Waals surface area (Å²) in [6, 6.07) is 0. The van der Waals surface area contributed by atoms with Gasteiger partial charge >= 0.3 is 0 Å². The van der Waals surface area contributed by atoms with E-state index in [1.54, 1.807) is 0 Å². The number of nitrogens with one attached hydrogen (secondary N) is 2. The number of hydrogen-bond acceptors (Lipinski definition) is 6. The molecule has 0 saturated carbocycles. The number of aromatic nitrogens is 8. The van der Waals surface area contributed by atoms with E-state index < -0.39 is 0 Å². The van der Waals surface area contributed by atoms with E-state index in [1.807, 2.05) is 0 Å². The Hall–Kier alpha value is -1.86. The van der Waals surface area contributed by atoms with Crippen molar-refractivity contribution in [2.24, 2.45) is 0 Å². The lowest BCUT2D eigenvalue weighted by atomic mass is 10.1. The van der Waals surface area contributed by atoms with Gasteiger partial charge in [0.05, 0.1) is 0 Å². The lowest BCUT2D eigenvalue weighted by Crippen LogP contribution is -1.91. The summed E-state index contributed by atoms with van der Waals surface area (Å²) < 4.78 is 0. The predicted octanol–water partition coefficient (Wildman–Crippen LogP) is 0.448. The second-order valence-electron chi connectivity index (χ2n) is 3.96. The van der Waals surface area contributed by atoms with Crippen LogP contribution in [-0.2, 0) is 12.8 Å². The van der Waals surface area contributed by atoms with Crippen LogP contribution in [0.3, 0.4) is 0 Å². The number of aryl methyl sites for hydroxylation is 2. The molecule has 2 heterocycles. The van der Waals surface area contributed by atoms with Crippen molar-refractivity contribution in [2.45, 2.75) is 44.9 Å². The molecule has 0 aliphatic carbocycles. The zero-order valence-electron chi connectivity index (χ0n) is 9.63. The average Bonchev–Trinajstić information content (AvgIpc) is 3.00. The molecule has 2 aromatic heterocycles. The van der Waals surface area contributed by atoms with Gasteiger partial charge in [-0.3, -0.25) is 0 Å². The second kappa shape index (κ2) is 6.66. The van der Waals surface area contributed by atoms with Gasteiger partial charge in [0.15, 0.2) is 0 Å². The molecule has 8 nitrogen and oxygen atoms in total. The highest BCUT2D eigenvalue weighted by atomic mass is 15.5. The van der Waals surface area contributed by atoms with Gasteiger partial charge in [0.1, 0.15) is 11.6 Å². The first-order chi connectivity index (χ1) is 8.45. The molecule has 17 heavy (non-hydrogen) atoms. The summed E-state index contributed by atoms with van der Waals surface area (Å²) in [6.45, 7) is 0. The predicted molar refractivity (Wildman–Crippen MR) is 58.8 cm³/mol. The minimum absolute atomic E-state index is 0.873. The van der Waals surface area contributed by atoms with E-state index >= 15 is 0 Å². The Morgan fingerprint density at radius 3 is 1.53 bits per heavy atom. The van der Waals surface area contributed by atoms with Gasteiger partial charge in [-0.05, 0) is 33.7 Å². The van der Waals surface area contributed by atoms with E-state index in [2.05, 4.69) is 41.2 Å². The molecule has 0 atom stereocenters. The van der Waals surface area contributed by atoms with Crippen LogP contribution in [0.25, 0.3) is 0 Å². The van der Waals surface area contributed by atoms with Crippen LogP contribution in [0.15, 0.2) is 0 Å². The number of unbranched alkanes of at least 4 members (excludes halogenated alkanes) is 4. The van der Waals surface area contributed by atoms with Crippen LogP contribution in [0.2, 0.25) is 0 Å². The number of H-pyrrole nitrogens is 2. The first-order valence-corrected chi connectivity index (χ1v) is 5.90. The molecular formula is C9H16N8. The number of rotatable bonds is 8. The van der Waals surface area contributed by atoms with Crippen LogP contribution < -0.4 is 0 Å². The molecule has 0 spiro atoms. The molecule has 0 bridgehead atoms. The lowest BCUT2D eigenvalue weighted by molar-refractivity contribution is 0.600. The Labute approximate surface area is 98.6 Å². The molecule has 2 rings (SSSR count). The summed E-state index contributed by atoms with van der Waals surface area (Å²) in [5, 5.41) is 27.3. The molecular weight excluding hydrogens is 220 g/mol. The molecule has 0 aromatic carbocycles. The van der Waals surface area contributed by atoms with Crippen molar-refractivity contribution < 1.29 is 0 Å². The molecule has 92 valence electrons. The van der Waals surface area contributed by atoms with E-state index in [0.717, 1.165) is 37.3 Å². The van der Waals surface area contributed by atoms with Crippen molar-refractivity contribution in [1.82, 2.24) is 41.2 Å². The zero-order chi connectivity index (χ0) is 11.8. The van der Waals surface area contributed by atoms with Crippen LogP contribution in [0.1, 0.15) is 43.8 Å². The number of nitrogens with zero attached hydrogens (tertiary/aromatic N) is 6. The maximum Gasteiger partial charge on any atom is 0.148 e. The maximum atomic E-state index is 3.84. The summed E-state index contributed by atoms with van der Waals surface area (Å²) in [7, 11) is 0. The molecule has 0 fully saturated rings. The topological polar surface area (TPSA) is 109 Å². The molecule has 0 radical (unpaired) electrons. The van der Waals surface area contributed by atoms with Gasteiger partial charge in [0, 0.05) is 12.8 Å². The molecule has 0 aliphatic heterocycles. The van der Waals surface area contributed by atoms with E-state index in [1.165, 1.54) is 19.3 Å². The summed E-state index contributed by atoms with van der Waals surface area (Å²) in [5.74, 6) is 1.75. The Morgan fingerprint density at radius 1 is 0.647 bits per heavy atom. The SMILES string of the molecule is C(CCCc1nnn[nH]1)CCCc1nnn[nH]1. The third-order valence-corrected chi connectivity index (χ3v) is 2.61. The number of aromatic amines is 2. The van der Waals surface area contributed by atoms with Crippen molar-refractivity contribution >= 4 is 0 Å².